The minimum atomic E-state index is -0.406. The van der Waals surface area contributed by atoms with Crippen LogP contribution in [0.25, 0.3) is 0 Å². The van der Waals surface area contributed by atoms with Crippen molar-refractivity contribution in [3.63, 3.8) is 0 Å². The predicted molar refractivity (Wildman–Crippen MR) is 68.3 cm³/mol. The second-order valence-electron chi connectivity index (χ2n) is 5.66. The molecule has 1 saturated carbocycles. The van der Waals surface area contributed by atoms with Crippen LogP contribution >= 0.6 is 0 Å². The lowest BCUT2D eigenvalue weighted by atomic mass is 9.60. The highest BCUT2D eigenvalue weighted by Gasteiger charge is 2.61. The quantitative estimate of drug-likeness (QED) is 0.719. The van der Waals surface area contributed by atoms with Crippen LogP contribution in [0.2, 0.25) is 0 Å². The molecular formula is C15H22O3. The van der Waals surface area contributed by atoms with Crippen LogP contribution in [0.1, 0.15) is 39.5 Å². The van der Waals surface area contributed by atoms with Crippen molar-refractivity contribution in [3.05, 3.63) is 12.2 Å². The monoisotopic (exact) mass is 250 g/mol. The Hall–Kier alpha value is -0.670. The van der Waals surface area contributed by atoms with Crippen LogP contribution in [-0.4, -0.2) is 30.7 Å². The van der Waals surface area contributed by atoms with Gasteiger partial charge in [0.05, 0.1) is 23.7 Å². The van der Waals surface area contributed by atoms with E-state index in [1.165, 1.54) is 0 Å². The number of ether oxygens (including phenoxy) is 2. The molecule has 2 fully saturated rings. The van der Waals surface area contributed by atoms with Gasteiger partial charge in [0.2, 0.25) is 0 Å². The molecule has 18 heavy (non-hydrogen) atoms. The first-order chi connectivity index (χ1) is 8.74. The normalized spacial score (nSPS) is 43.2. The molecule has 1 saturated heterocycles. The van der Waals surface area contributed by atoms with Crippen LogP contribution in [0.3, 0.4) is 0 Å². The van der Waals surface area contributed by atoms with Gasteiger partial charge in [-0.3, -0.25) is 4.79 Å². The Morgan fingerprint density at radius 2 is 2.33 bits per heavy atom. The number of carbonyl (C=O) groups excluding carboxylic acids is 1. The largest absolute Gasteiger partial charge is 0.377 e. The average Bonchev–Trinajstić information content (AvgIpc) is 2.83. The lowest BCUT2D eigenvalue weighted by Crippen LogP contribution is -2.60. The third kappa shape index (κ3) is 1.47. The highest BCUT2D eigenvalue weighted by Crippen LogP contribution is 2.53. The molecule has 4 bridgehead atoms. The van der Waals surface area contributed by atoms with Gasteiger partial charge in [-0.25, -0.2) is 0 Å². The molecule has 2 heterocycles. The smallest absolute Gasteiger partial charge is 0.150 e. The molecule has 0 amide bonds. The van der Waals surface area contributed by atoms with Gasteiger partial charge in [0, 0.05) is 12.5 Å². The number of fused-ring (bicyclic) bond motifs is 6. The van der Waals surface area contributed by atoms with Gasteiger partial charge in [-0.2, -0.15) is 0 Å². The van der Waals surface area contributed by atoms with Gasteiger partial charge >= 0.3 is 0 Å². The summed E-state index contributed by atoms with van der Waals surface area (Å²) in [6.45, 7) is 4.77. The van der Waals surface area contributed by atoms with Crippen molar-refractivity contribution in [2.45, 2.75) is 57.8 Å². The van der Waals surface area contributed by atoms with Crippen LogP contribution in [-0.2, 0) is 14.3 Å². The molecule has 0 spiro atoms. The third-order valence-corrected chi connectivity index (χ3v) is 4.90. The Morgan fingerprint density at radius 1 is 1.50 bits per heavy atom. The molecule has 0 aromatic rings. The maximum atomic E-state index is 12.9. The lowest BCUT2D eigenvalue weighted by Gasteiger charge is -2.51. The van der Waals surface area contributed by atoms with Gasteiger partial charge in [-0.05, 0) is 26.2 Å². The molecule has 0 aromatic carbocycles. The van der Waals surface area contributed by atoms with E-state index in [9.17, 15) is 4.79 Å². The van der Waals surface area contributed by atoms with Crippen LogP contribution in [0, 0.1) is 11.3 Å². The Balaban J connectivity index is 2.00. The van der Waals surface area contributed by atoms with Gasteiger partial charge in [0.25, 0.3) is 0 Å². The number of hydrogen-bond donors (Lipinski definition) is 0. The highest BCUT2D eigenvalue weighted by atomic mass is 16.5. The number of hydrogen-bond acceptors (Lipinski definition) is 3. The van der Waals surface area contributed by atoms with E-state index in [2.05, 4.69) is 19.1 Å². The second-order valence-corrected chi connectivity index (χ2v) is 5.66. The van der Waals surface area contributed by atoms with E-state index in [1.807, 2.05) is 6.92 Å². The molecule has 100 valence electrons. The fourth-order valence-electron chi connectivity index (χ4n) is 4.14. The first-order valence-corrected chi connectivity index (χ1v) is 7.23. The summed E-state index contributed by atoms with van der Waals surface area (Å²) in [4.78, 5) is 12.9. The molecule has 3 aliphatic rings. The van der Waals surface area contributed by atoms with Crippen molar-refractivity contribution in [2.75, 3.05) is 6.61 Å². The van der Waals surface area contributed by atoms with Gasteiger partial charge < -0.3 is 9.47 Å². The van der Waals surface area contributed by atoms with Crippen LogP contribution in [0.5, 0.6) is 0 Å². The summed E-state index contributed by atoms with van der Waals surface area (Å²) in [6.07, 6.45) is 8.09. The summed E-state index contributed by atoms with van der Waals surface area (Å²) in [5.41, 5.74) is -0.406. The molecule has 5 atom stereocenters. The third-order valence-electron chi connectivity index (χ3n) is 4.90. The number of ketones is 1. The van der Waals surface area contributed by atoms with Crippen molar-refractivity contribution in [2.24, 2.45) is 11.3 Å². The zero-order valence-corrected chi connectivity index (χ0v) is 11.2. The molecular weight excluding hydrogens is 228 g/mol. The fraction of sp³-hybridized carbons (Fsp3) is 0.800. The molecule has 1 aliphatic carbocycles. The summed E-state index contributed by atoms with van der Waals surface area (Å²) in [7, 11) is 0. The molecule has 3 nitrogen and oxygen atoms in total. The summed E-state index contributed by atoms with van der Waals surface area (Å²) in [5, 5.41) is 0. The Morgan fingerprint density at radius 3 is 3.06 bits per heavy atom. The molecule has 3 heteroatoms. The molecule has 0 N–H and O–H groups in total. The van der Waals surface area contributed by atoms with Gasteiger partial charge in [-0.1, -0.05) is 25.5 Å². The average molecular weight is 250 g/mol. The zero-order chi connectivity index (χ0) is 12.8. The van der Waals surface area contributed by atoms with Crippen LogP contribution in [0.15, 0.2) is 12.2 Å². The standard InChI is InChI=1S/C15H22O3/c1-3-12(17-4-2)15-9-5-6-10(14(15)16)11-7-8-13(15)18-11/h7-8,10-13H,3-6,9H2,1-2H3/t10-,11-,12-,13+,15-/m0/s1. The predicted octanol–water partition coefficient (Wildman–Crippen LogP) is 2.49. The van der Waals surface area contributed by atoms with E-state index in [4.69, 9.17) is 9.47 Å². The SMILES string of the molecule is CCO[C@@H](CC)[C@]12CCC[C@H](C1=O)[C@@H]1C=C[C@H]2O1. The van der Waals surface area contributed by atoms with Crippen molar-refractivity contribution in [1.82, 2.24) is 0 Å². The van der Waals surface area contributed by atoms with Gasteiger partial charge in [-0.15, -0.1) is 0 Å². The zero-order valence-electron chi connectivity index (χ0n) is 11.2. The molecule has 3 rings (SSSR count). The maximum Gasteiger partial charge on any atom is 0.150 e. The minimum absolute atomic E-state index is 0.00602. The van der Waals surface area contributed by atoms with E-state index >= 15 is 0 Å². The topological polar surface area (TPSA) is 35.5 Å². The Bertz CT molecular complexity index is 376. The molecule has 2 aliphatic heterocycles. The lowest BCUT2D eigenvalue weighted by molar-refractivity contribution is -0.191. The van der Waals surface area contributed by atoms with E-state index in [1.54, 1.807) is 0 Å². The Kier molecular flexibility index (Phi) is 3.07. The van der Waals surface area contributed by atoms with Gasteiger partial charge in [0.15, 0.2) is 5.78 Å². The summed E-state index contributed by atoms with van der Waals surface area (Å²) < 4.78 is 11.9. The molecule has 0 aromatic heterocycles. The van der Waals surface area contributed by atoms with E-state index in [-0.39, 0.29) is 24.2 Å². The Labute approximate surface area is 109 Å². The van der Waals surface area contributed by atoms with Crippen LogP contribution < -0.4 is 0 Å². The van der Waals surface area contributed by atoms with Gasteiger partial charge in [0.1, 0.15) is 0 Å². The number of carbonyl (C=O) groups is 1. The summed E-state index contributed by atoms with van der Waals surface area (Å²) in [5.74, 6) is 0.476. The fourth-order valence-corrected chi connectivity index (χ4v) is 4.14. The van der Waals surface area contributed by atoms with E-state index in [0.717, 1.165) is 25.7 Å². The second kappa shape index (κ2) is 4.46. The van der Waals surface area contributed by atoms with E-state index in [0.29, 0.717) is 12.4 Å². The molecule has 0 radical (unpaired) electrons. The van der Waals surface area contributed by atoms with Crippen LogP contribution in [0.4, 0.5) is 0 Å². The maximum absolute atomic E-state index is 12.9. The first-order valence-electron chi connectivity index (χ1n) is 7.23. The molecule has 0 unspecified atom stereocenters. The summed E-state index contributed by atoms with van der Waals surface area (Å²) in [6, 6.07) is 0. The van der Waals surface area contributed by atoms with Crippen molar-refractivity contribution in [3.8, 4) is 0 Å². The number of Topliss-reactive ketones (excluding diaryl/α,β-unsaturated/α-hetero) is 1. The number of rotatable bonds is 4. The van der Waals surface area contributed by atoms with Crippen molar-refractivity contribution < 1.29 is 14.3 Å². The van der Waals surface area contributed by atoms with Crippen molar-refractivity contribution in [1.29, 1.82) is 0 Å². The summed E-state index contributed by atoms with van der Waals surface area (Å²) >= 11 is 0. The minimum Gasteiger partial charge on any atom is -0.377 e. The van der Waals surface area contributed by atoms with Crippen molar-refractivity contribution >= 4 is 5.78 Å². The first kappa shape index (κ1) is 12.4. The highest BCUT2D eigenvalue weighted by molar-refractivity contribution is 5.91. The van der Waals surface area contributed by atoms with E-state index < -0.39 is 5.41 Å².